The van der Waals surface area contributed by atoms with Gasteiger partial charge in [-0.2, -0.15) is 0 Å². The Morgan fingerprint density at radius 2 is 2.05 bits per heavy atom. The second-order valence-electron chi connectivity index (χ2n) is 5.09. The minimum atomic E-state index is -0.781. The largest absolute Gasteiger partial charge is 0.387 e. The standard InChI is InChI=1S/C16H19N3O2/c17-11-15(20)10-14(9-13-4-6-18-7-5-13)12-19-8-2-1-3-16(19)21/h1-8,11,14-15,17,20H,9-10,12H2. The molecule has 2 rings (SSSR count). The number of pyridine rings is 2. The van der Waals surface area contributed by atoms with Crippen LogP contribution in [0.1, 0.15) is 12.0 Å². The molecule has 0 fully saturated rings. The van der Waals surface area contributed by atoms with Gasteiger partial charge in [-0.05, 0) is 42.5 Å². The van der Waals surface area contributed by atoms with Gasteiger partial charge in [0, 0.05) is 37.4 Å². The summed E-state index contributed by atoms with van der Waals surface area (Å²) in [4.78, 5) is 15.8. The molecular weight excluding hydrogens is 266 g/mol. The summed E-state index contributed by atoms with van der Waals surface area (Å²) in [6.45, 7) is 0.521. The van der Waals surface area contributed by atoms with Crippen LogP contribution in [-0.2, 0) is 13.0 Å². The summed E-state index contributed by atoms with van der Waals surface area (Å²) >= 11 is 0. The number of nitrogens with one attached hydrogen (secondary N) is 1. The molecule has 2 atom stereocenters. The minimum absolute atomic E-state index is 0.0541. The van der Waals surface area contributed by atoms with Crippen LogP contribution in [0.25, 0.3) is 0 Å². The van der Waals surface area contributed by atoms with Crippen molar-refractivity contribution in [3.05, 3.63) is 64.8 Å². The summed E-state index contributed by atoms with van der Waals surface area (Å²) in [7, 11) is 0. The summed E-state index contributed by atoms with van der Waals surface area (Å²) in [5.74, 6) is 0.0732. The fourth-order valence-corrected chi connectivity index (χ4v) is 2.37. The van der Waals surface area contributed by atoms with E-state index in [4.69, 9.17) is 5.41 Å². The van der Waals surface area contributed by atoms with E-state index in [0.29, 0.717) is 13.0 Å². The first-order chi connectivity index (χ1) is 10.2. The summed E-state index contributed by atoms with van der Waals surface area (Å²) in [5.41, 5.74) is 1.05. The van der Waals surface area contributed by atoms with E-state index in [0.717, 1.165) is 18.2 Å². The van der Waals surface area contributed by atoms with Gasteiger partial charge in [0.2, 0.25) is 0 Å². The SMILES string of the molecule is N=CC(O)CC(Cc1ccncc1)Cn1ccccc1=O. The monoisotopic (exact) mass is 285 g/mol. The maximum Gasteiger partial charge on any atom is 0.250 e. The molecule has 21 heavy (non-hydrogen) atoms. The highest BCUT2D eigenvalue weighted by Crippen LogP contribution is 2.15. The lowest BCUT2D eigenvalue weighted by Gasteiger charge is -2.19. The van der Waals surface area contributed by atoms with Crippen molar-refractivity contribution in [3.63, 3.8) is 0 Å². The van der Waals surface area contributed by atoms with Crippen molar-refractivity contribution in [2.24, 2.45) is 5.92 Å². The van der Waals surface area contributed by atoms with Gasteiger partial charge in [-0.1, -0.05) is 6.07 Å². The predicted octanol–water partition coefficient (Wildman–Crippen LogP) is 1.50. The third-order valence-corrected chi connectivity index (χ3v) is 3.39. The number of hydrogen-bond donors (Lipinski definition) is 2. The molecule has 5 heteroatoms. The van der Waals surface area contributed by atoms with Crippen molar-refractivity contribution in [1.29, 1.82) is 5.41 Å². The van der Waals surface area contributed by atoms with E-state index in [1.54, 1.807) is 29.2 Å². The smallest absolute Gasteiger partial charge is 0.250 e. The number of aromatic nitrogens is 2. The second kappa shape index (κ2) is 7.50. The van der Waals surface area contributed by atoms with E-state index >= 15 is 0 Å². The van der Waals surface area contributed by atoms with Crippen LogP contribution >= 0.6 is 0 Å². The molecule has 0 spiro atoms. The van der Waals surface area contributed by atoms with Crippen LogP contribution in [0.4, 0.5) is 0 Å². The van der Waals surface area contributed by atoms with Crippen molar-refractivity contribution >= 4 is 6.21 Å². The Hall–Kier alpha value is -2.27. The van der Waals surface area contributed by atoms with Gasteiger partial charge in [0.1, 0.15) is 0 Å². The van der Waals surface area contributed by atoms with Gasteiger partial charge < -0.3 is 15.1 Å². The van der Waals surface area contributed by atoms with Gasteiger partial charge in [-0.15, -0.1) is 0 Å². The number of rotatable bonds is 7. The average molecular weight is 285 g/mol. The molecule has 0 bridgehead atoms. The minimum Gasteiger partial charge on any atom is -0.387 e. The highest BCUT2D eigenvalue weighted by molar-refractivity contribution is 5.58. The highest BCUT2D eigenvalue weighted by atomic mass is 16.3. The Labute approximate surface area is 123 Å². The third kappa shape index (κ3) is 4.65. The molecule has 2 heterocycles. The first-order valence-corrected chi connectivity index (χ1v) is 6.92. The Bertz CT molecular complexity index is 625. The summed E-state index contributed by atoms with van der Waals surface area (Å²) in [5, 5.41) is 16.9. The van der Waals surface area contributed by atoms with Crippen molar-refractivity contribution in [3.8, 4) is 0 Å². The van der Waals surface area contributed by atoms with E-state index in [1.807, 2.05) is 18.2 Å². The molecule has 0 saturated carbocycles. The molecule has 0 aliphatic heterocycles. The first kappa shape index (κ1) is 15.1. The van der Waals surface area contributed by atoms with Gasteiger partial charge in [0.25, 0.3) is 5.56 Å². The van der Waals surface area contributed by atoms with Gasteiger partial charge in [-0.3, -0.25) is 9.78 Å². The maximum atomic E-state index is 11.8. The van der Waals surface area contributed by atoms with Crippen LogP contribution < -0.4 is 5.56 Å². The van der Waals surface area contributed by atoms with Crippen LogP contribution in [0.3, 0.4) is 0 Å². The first-order valence-electron chi connectivity index (χ1n) is 6.92. The molecule has 2 aromatic rings. The molecule has 5 nitrogen and oxygen atoms in total. The van der Waals surface area contributed by atoms with E-state index in [-0.39, 0.29) is 11.5 Å². The predicted molar refractivity (Wildman–Crippen MR) is 81.5 cm³/mol. The van der Waals surface area contributed by atoms with Crippen molar-refractivity contribution in [2.75, 3.05) is 0 Å². The fourth-order valence-electron chi connectivity index (χ4n) is 2.37. The van der Waals surface area contributed by atoms with E-state index < -0.39 is 6.10 Å². The van der Waals surface area contributed by atoms with Crippen LogP contribution in [0.15, 0.2) is 53.7 Å². The zero-order valence-corrected chi connectivity index (χ0v) is 11.7. The Morgan fingerprint density at radius 1 is 1.29 bits per heavy atom. The second-order valence-corrected chi connectivity index (χ2v) is 5.09. The van der Waals surface area contributed by atoms with Crippen molar-refractivity contribution in [2.45, 2.75) is 25.5 Å². The molecule has 110 valence electrons. The fraction of sp³-hybridized carbons (Fsp3) is 0.312. The lowest BCUT2D eigenvalue weighted by molar-refractivity contribution is 0.198. The summed E-state index contributed by atoms with van der Waals surface area (Å²) in [6, 6.07) is 8.91. The normalized spacial score (nSPS) is 13.6. The van der Waals surface area contributed by atoms with Crippen LogP contribution in [0, 0.1) is 11.3 Å². The molecule has 2 unspecified atom stereocenters. The lowest BCUT2D eigenvalue weighted by atomic mass is 9.94. The quantitative estimate of drug-likeness (QED) is 0.757. The van der Waals surface area contributed by atoms with E-state index in [9.17, 15) is 9.90 Å². The Morgan fingerprint density at radius 3 is 2.71 bits per heavy atom. The summed E-state index contributed by atoms with van der Waals surface area (Å²) < 4.78 is 1.64. The molecule has 0 saturated heterocycles. The van der Waals surface area contributed by atoms with Crippen LogP contribution in [-0.4, -0.2) is 27.0 Å². The van der Waals surface area contributed by atoms with Gasteiger partial charge in [-0.25, -0.2) is 0 Å². The Kier molecular flexibility index (Phi) is 5.40. The number of aliphatic hydroxyl groups excluding tert-OH is 1. The number of hydrogen-bond acceptors (Lipinski definition) is 4. The number of nitrogens with zero attached hydrogens (tertiary/aromatic N) is 2. The van der Waals surface area contributed by atoms with E-state index in [2.05, 4.69) is 4.98 Å². The summed E-state index contributed by atoms with van der Waals surface area (Å²) in [6.07, 6.45) is 6.65. The van der Waals surface area contributed by atoms with Gasteiger partial charge in [0.15, 0.2) is 0 Å². The van der Waals surface area contributed by atoms with Crippen molar-refractivity contribution < 1.29 is 5.11 Å². The zero-order valence-electron chi connectivity index (χ0n) is 11.7. The topological polar surface area (TPSA) is 79.0 Å². The molecule has 0 aliphatic carbocycles. The lowest BCUT2D eigenvalue weighted by Crippen LogP contribution is -2.26. The molecule has 2 N–H and O–H groups in total. The number of aliphatic hydroxyl groups is 1. The molecule has 2 aromatic heterocycles. The van der Waals surface area contributed by atoms with Gasteiger partial charge in [0.05, 0.1) is 6.10 Å². The highest BCUT2D eigenvalue weighted by Gasteiger charge is 2.15. The molecular formula is C16H19N3O2. The van der Waals surface area contributed by atoms with Gasteiger partial charge >= 0.3 is 0 Å². The van der Waals surface area contributed by atoms with Crippen LogP contribution in [0.2, 0.25) is 0 Å². The molecule has 0 amide bonds. The van der Waals surface area contributed by atoms with E-state index in [1.165, 1.54) is 6.07 Å². The average Bonchev–Trinajstić information content (AvgIpc) is 2.50. The maximum absolute atomic E-state index is 11.8. The molecule has 0 aliphatic rings. The molecule has 0 aromatic carbocycles. The molecule has 0 radical (unpaired) electrons. The van der Waals surface area contributed by atoms with Crippen LogP contribution in [0.5, 0.6) is 0 Å². The third-order valence-electron chi connectivity index (χ3n) is 3.39. The van der Waals surface area contributed by atoms with Crippen molar-refractivity contribution in [1.82, 2.24) is 9.55 Å². The zero-order chi connectivity index (χ0) is 15.1. The Balaban J connectivity index is 2.14.